The first-order valence-electron chi connectivity index (χ1n) is 9.20. The van der Waals surface area contributed by atoms with Crippen molar-refractivity contribution in [1.29, 1.82) is 0 Å². The number of fused-ring (bicyclic) bond motifs is 2. The van der Waals surface area contributed by atoms with Gasteiger partial charge in [-0.3, -0.25) is 9.69 Å². The van der Waals surface area contributed by atoms with E-state index in [1.807, 2.05) is 26.0 Å². The fourth-order valence-electron chi connectivity index (χ4n) is 4.14. The van der Waals surface area contributed by atoms with E-state index in [2.05, 4.69) is 5.32 Å². The van der Waals surface area contributed by atoms with Crippen LogP contribution in [0.3, 0.4) is 0 Å². The van der Waals surface area contributed by atoms with Gasteiger partial charge < -0.3 is 9.73 Å². The Morgan fingerprint density at radius 1 is 1.08 bits per heavy atom. The highest BCUT2D eigenvalue weighted by Crippen LogP contribution is 2.31. The van der Waals surface area contributed by atoms with E-state index >= 15 is 0 Å². The summed E-state index contributed by atoms with van der Waals surface area (Å²) in [5.41, 5.74) is 2.34. The molecule has 6 heteroatoms. The number of carbonyl (C=O) groups excluding carboxylic acids is 2. The number of imide groups is 1. The number of aryl methyl sites for hydroxylation is 2. The van der Waals surface area contributed by atoms with Crippen LogP contribution in [0.5, 0.6) is 0 Å². The van der Waals surface area contributed by atoms with E-state index in [1.54, 1.807) is 0 Å². The molecule has 1 aliphatic heterocycles. The number of benzene rings is 1. The van der Waals surface area contributed by atoms with E-state index in [9.17, 15) is 14.4 Å². The lowest BCUT2D eigenvalue weighted by Gasteiger charge is -2.23. The maximum atomic E-state index is 12.9. The molecular formula is C20H22N2O4. The predicted octanol–water partition coefficient (Wildman–Crippen LogP) is 2.89. The topological polar surface area (TPSA) is 79.6 Å². The van der Waals surface area contributed by atoms with Gasteiger partial charge in [0.15, 0.2) is 0 Å². The SMILES string of the molecule is CCC1(CC)NC(=O)N(Cc2cc(=O)oc3cc4c(cc23)CCC4)C1=O. The summed E-state index contributed by atoms with van der Waals surface area (Å²) in [5.74, 6) is -0.227. The molecule has 1 aromatic heterocycles. The van der Waals surface area contributed by atoms with Gasteiger partial charge in [-0.25, -0.2) is 9.59 Å². The number of urea groups is 1. The molecule has 26 heavy (non-hydrogen) atoms. The summed E-state index contributed by atoms with van der Waals surface area (Å²) in [4.78, 5) is 38.5. The molecule has 1 fully saturated rings. The van der Waals surface area contributed by atoms with Crippen LogP contribution in [-0.2, 0) is 24.2 Å². The predicted molar refractivity (Wildman–Crippen MR) is 96.9 cm³/mol. The van der Waals surface area contributed by atoms with Crippen molar-refractivity contribution in [3.8, 4) is 0 Å². The fraction of sp³-hybridized carbons (Fsp3) is 0.450. The van der Waals surface area contributed by atoms with Crippen molar-refractivity contribution in [2.75, 3.05) is 0 Å². The first kappa shape index (κ1) is 16.8. The Morgan fingerprint density at radius 3 is 2.42 bits per heavy atom. The van der Waals surface area contributed by atoms with Gasteiger partial charge in [-0.2, -0.15) is 0 Å². The van der Waals surface area contributed by atoms with Gasteiger partial charge in [0.2, 0.25) is 0 Å². The highest BCUT2D eigenvalue weighted by molar-refractivity contribution is 6.07. The van der Waals surface area contributed by atoms with Crippen LogP contribution in [0.4, 0.5) is 4.79 Å². The summed E-state index contributed by atoms with van der Waals surface area (Å²) in [5, 5.41) is 3.63. The van der Waals surface area contributed by atoms with Crippen molar-refractivity contribution in [2.24, 2.45) is 0 Å². The Bertz CT molecular complexity index is 972. The van der Waals surface area contributed by atoms with Crippen molar-refractivity contribution in [3.63, 3.8) is 0 Å². The summed E-state index contributed by atoms with van der Waals surface area (Å²) in [6.45, 7) is 3.86. The summed E-state index contributed by atoms with van der Waals surface area (Å²) in [6.07, 6.45) is 4.16. The van der Waals surface area contributed by atoms with Crippen molar-refractivity contribution < 1.29 is 14.0 Å². The Morgan fingerprint density at radius 2 is 1.77 bits per heavy atom. The van der Waals surface area contributed by atoms with Crippen molar-refractivity contribution >= 4 is 22.9 Å². The number of rotatable bonds is 4. The zero-order chi connectivity index (χ0) is 18.5. The second-order valence-electron chi connectivity index (χ2n) is 7.17. The lowest BCUT2D eigenvalue weighted by molar-refractivity contribution is -0.131. The second kappa shape index (κ2) is 5.97. The number of hydrogen-bond donors (Lipinski definition) is 1. The van der Waals surface area contributed by atoms with Gasteiger partial charge in [0, 0.05) is 11.5 Å². The number of carbonyl (C=O) groups is 2. The minimum atomic E-state index is -0.840. The zero-order valence-electron chi connectivity index (χ0n) is 15.1. The molecule has 0 unspecified atom stereocenters. The van der Waals surface area contributed by atoms with Gasteiger partial charge in [0.1, 0.15) is 11.1 Å². The molecule has 1 saturated heterocycles. The summed E-state index contributed by atoms with van der Waals surface area (Å²) >= 11 is 0. The summed E-state index contributed by atoms with van der Waals surface area (Å²) in [7, 11) is 0. The summed E-state index contributed by atoms with van der Waals surface area (Å²) < 4.78 is 5.37. The zero-order valence-corrected chi connectivity index (χ0v) is 15.1. The van der Waals surface area contributed by atoms with E-state index < -0.39 is 17.2 Å². The minimum Gasteiger partial charge on any atom is -0.423 e. The molecule has 2 aromatic rings. The minimum absolute atomic E-state index is 0.0767. The van der Waals surface area contributed by atoms with Crippen LogP contribution in [0.15, 0.2) is 27.4 Å². The summed E-state index contributed by atoms with van der Waals surface area (Å²) in [6, 6.07) is 4.96. The molecular weight excluding hydrogens is 332 g/mol. The lowest BCUT2D eigenvalue weighted by atomic mass is 9.93. The van der Waals surface area contributed by atoms with Crippen LogP contribution in [0.2, 0.25) is 0 Å². The molecule has 4 rings (SSSR count). The lowest BCUT2D eigenvalue weighted by Crippen LogP contribution is -2.45. The molecule has 2 aliphatic rings. The van der Waals surface area contributed by atoms with Crippen molar-refractivity contribution in [3.05, 3.63) is 45.3 Å². The largest absolute Gasteiger partial charge is 0.423 e. The van der Waals surface area contributed by atoms with Gasteiger partial charge in [-0.15, -0.1) is 0 Å². The maximum Gasteiger partial charge on any atom is 0.336 e. The van der Waals surface area contributed by atoms with E-state index in [-0.39, 0.29) is 12.5 Å². The third-order valence-electron chi connectivity index (χ3n) is 5.82. The molecule has 1 aliphatic carbocycles. The van der Waals surface area contributed by atoms with Gasteiger partial charge in [0.05, 0.1) is 6.54 Å². The smallest absolute Gasteiger partial charge is 0.336 e. The van der Waals surface area contributed by atoms with Crippen LogP contribution in [0.25, 0.3) is 11.0 Å². The van der Waals surface area contributed by atoms with Crippen LogP contribution in [0.1, 0.15) is 49.8 Å². The molecule has 1 aromatic carbocycles. The monoisotopic (exact) mass is 354 g/mol. The van der Waals surface area contributed by atoms with E-state index in [0.717, 1.165) is 24.6 Å². The third kappa shape index (κ3) is 2.43. The molecule has 0 spiro atoms. The Labute approximate surface area is 151 Å². The number of amides is 3. The van der Waals surface area contributed by atoms with E-state index in [4.69, 9.17) is 4.42 Å². The molecule has 0 atom stereocenters. The first-order valence-corrected chi connectivity index (χ1v) is 9.20. The third-order valence-corrected chi connectivity index (χ3v) is 5.82. The van der Waals surface area contributed by atoms with Crippen LogP contribution in [-0.4, -0.2) is 22.4 Å². The first-order chi connectivity index (χ1) is 12.5. The van der Waals surface area contributed by atoms with Gasteiger partial charge in [0.25, 0.3) is 5.91 Å². The molecule has 0 bridgehead atoms. The Balaban J connectivity index is 1.77. The molecule has 1 N–H and O–H groups in total. The molecule has 0 saturated carbocycles. The molecule has 0 radical (unpaired) electrons. The number of hydrogen-bond acceptors (Lipinski definition) is 4. The second-order valence-corrected chi connectivity index (χ2v) is 7.17. The normalized spacial score (nSPS) is 18.5. The molecule has 3 amide bonds. The fourth-order valence-corrected chi connectivity index (χ4v) is 4.14. The average molecular weight is 354 g/mol. The van der Waals surface area contributed by atoms with Crippen molar-refractivity contribution in [1.82, 2.24) is 10.2 Å². The number of nitrogens with one attached hydrogen (secondary N) is 1. The quantitative estimate of drug-likeness (QED) is 0.676. The van der Waals surface area contributed by atoms with E-state index in [0.29, 0.717) is 24.0 Å². The average Bonchev–Trinajstić information content (AvgIpc) is 3.17. The van der Waals surface area contributed by atoms with Gasteiger partial charge in [-0.05, 0) is 60.9 Å². The molecule has 136 valence electrons. The number of nitrogens with zero attached hydrogens (tertiary/aromatic N) is 1. The van der Waals surface area contributed by atoms with E-state index in [1.165, 1.54) is 22.1 Å². The van der Waals surface area contributed by atoms with Gasteiger partial charge in [-0.1, -0.05) is 13.8 Å². The van der Waals surface area contributed by atoms with Crippen LogP contribution < -0.4 is 10.9 Å². The highest BCUT2D eigenvalue weighted by Gasteiger charge is 2.48. The molecule has 6 nitrogen and oxygen atoms in total. The van der Waals surface area contributed by atoms with Gasteiger partial charge >= 0.3 is 11.7 Å². The van der Waals surface area contributed by atoms with Crippen LogP contribution in [0, 0.1) is 0 Å². The highest BCUT2D eigenvalue weighted by atomic mass is 16.4. The Hall–Kier alpha value is -2.63. The Kier molecular flexibility index (Phi) is 3.86. The van der Waals surface area contributed by atoms with Crippen molar-refractivity contribution in [2.45, 2.75) is 58.0 Å². The standard InChI is InChI=1S/C20H22N2O4/c1-3-20(4-2)18(24)22(19(25)21-20)11-14-10-17(23)26-16-9-13-7-5-6-12(13)8-15(14)16/h8-10H,3-7,11H2,1-2H3,(H,21,25). The van der Waals surface area contributed by atoms with Crippen LogP contribution >= 0.6 is 0 Å². The maximum absolute atomic E-state index is 12.9. The molecule has 2 heterocycles.